The summed E-state index contributed by atoms with van der Waals surface area (Å²) in [5.74, 6) is 3.22. The molecule has 0 fully saturated rings. The Morgan fingerprint density at radius 2 is 2.06 bits per heavy atom. The second-order valence-electron chi connectivity index (χ2n) is 8.17. The van der Waals surface area contributed by atoms with E-state index in [1.54, 1.807) is 18.9 Å². The Bertz CT molecular complexity index is 1000. The third-order valence-electron chi connectivity index (χ3n) is 5.79. The fourth-order valence-electron chi connectivity index (χ4n) is 4.21. The molecule has 8 heteroatoms. The van der Waals surface area contributed by atoms with Crippen LogP contribution in [0.2, 0.25) is 0 Å². The molecule has 1 aromatic carbocycles. The van der Waals surface area contributed by atoms with Crippen LogP contribution in [0, 0.1) is 0 Å². The number of hydrogen-bond donors (Lipinski definition) is 1. The minimum Gasteiger partial charge on any atom is -0.493 e. The summed E-state index contributed by atoms with van der Waals surface area (Å²) in [5, 5.41) is 8.88. The van der Waals surface area contributed by atoms with Gasteiger partial charge in [0.1, 0.15) is 6.04 Å². The maximum atomic E-state index is 13.0. The Kier molecular flexibility index (Phi) is 7.40. The Morgan fingerprint density at radius 1 is 1.19 bits per heavy atom. The number of ketones is 1. The number of rotatable bonds is 10. The van der Waals surface area contributed by atoms with Crippen LogP contribution < -0.4 is 14.8 Å². The van der Waals surface area contributed by atoms with Gasteiger partial charge in [-0.25, -0.2) is 4.68 Å². The van der Waals surface area contributed by atoms with Crippen molar-refractivity contribution < 1.29 is 14.3 Å². The van der Waals surface area contributed by atoms with Crippen LogP contribution in [-0.2, 0) is 4.79 Å². The highest BCUT2D eigenvalue weighted by Crippen LogP contribution is 2.42. The van der Waals surface area contributed by atoms with Crippen LogP contribution >= 0.6 is 11.8 Å². The van der Waals surface area contributed by atoms with Crippen molar-refractivity contribution in [1.29, 1.82) is 0 Å². The number of fused-ring (bicyclic) bond motifs is 1. The molecule has 2 aromatic rings. The summed E-state index contributed by atoms with van der Waals surface area (Å²) in [6.07, 6.45) is 6.63. The number of carbonyl (C=O) groups excluding carboxylic acids is 1. The van der Waals surface area contributed by atoms with E-state index < -0.39 is 0 Å². The minimum absolute atomic E-state index is 0.173. The first kappa shape index (κ1) is 22.7. The third kappa shape index (κ3) is 4.65. The number of allylic oxidation sites excluding steroid dienone is 2. The number of anilines is 1. The van der Waals surface area contributed by atoms with Crippen LogP contribution in [0.4, 0.5) is 5.95 Å². The molecule has 1 unspecified atom stereocenters. The number of aromatic nitrogens is 3. The van der Waals surface area contributed by atoms with E-state index in [1.165, 1.54) is 0 Å². The number of methoxy groups -OCH3 is 1. The maximum Gasteiger partial charge on any atom is 0.227 e. The van der Waals surface area contributed by atoms with Crippen LogP contribution in [-0.4, -0.2) is 40.0 Å². The maximum absolute atomic E-state index is 13.0. The number of unbranched alkanes of at least 4 members (excludes halogenated alkanes) is 2. The van der Waals surface area contributed by atoms with Crippen molar-refractivity contribution in [3.8, 4) is 11.5 Å². The van der Waals surface area contributed by atoms with Gasteiger partial charge in [0.15, 0.2) is 17.3 Å². The fourth-order valence-corrected chi connectivity index (χ4v) is 4.89. The average molecular weight is 457 g/mol. The van der Waals surface area contributed by atoms with Crippen LogP contribution in [0.1, 0.15) is 70.4 Å². The largest absolute Gasteiger partial charge is 0.493 e. The highest BCUT2D eigenvalue weighted by molar-refractivity contribution is 7.99. The topological polar surface area (TPSA) is 78.3 Å². The molecule has 172 valence electrons. The number of benzene rings is 1. The Balaban J connectivity index is 1.70. The summed E-state index contributed by atoms with van der Waals surface area (Å²) in [6.45, 7) is 4.98. The van der Waals surface area contributed by atoms with E-state index in [0.29, 0.717) is 24.7 Å². The summed E-state index contributed by atoms with van der Waals surface area (Å²) in [4.78, 5) is 17.7. The normalized spacial score (nSPS) is 17.6. The zero-order valence-electron chi connectivity index (χ0n) is 19.1. The van der Waals surface area contributed by atoms with E-state index in [0.717, 1.165) is 72.0 Å². The van der Waals surface area contributed by atoms with E-state index in [2.05, 4.69) is 19.2 Å². The van der Waals surface area contributed by atoms with Gasteiger partial charge in [-0.2, -0.15) is 4.98 Å². The quantitative estimate of drug-likeness (QED) is 0.380. The molecule has 1 aliphatic carbocycles. The highest BCUT2D eigenvalue weighted by Gasteiger charge is 2.37. The zero-order chi connectivity index (χ0) is 22.5. The summed E-state index contributed by atoms with van der Waals surface area (Å²) < 4.78 is 13.5. The number of thioether (sulfide) groups is 1. The second kappa shape index (κ2) is 10.4. The van der Waals surface area contributed by atoms with Crippen molar-refractivity contribution in [2.24, 2.45) is 0 Å². The zero-order valence-corrected chi connectivity index (χ0v) is 20.0. The van der Waals surface area contributed by atoms with Gasteiger partial charge in [0.2, 0.25) is 11.1 Å². The first-order valence-electron chi connectivity index (χ1n) is 11.6. The van der Waals surface area contributed by atoms with Gasteiger partial charge in [0.25, 0.3) is 0 Å². The van der Waals surface area contributed by atoms with Crippen LogP contribution in [0.3, 0.4) is 0 Å². The minimum atomic E-state index is -0.319. The van der Waals surface area contributed by atoms with Crippen molar-refractivity contribution >= 4 is 23.5 Å². The lowest BCUT2D eigenvalue weighted by molar-refractivity contribution is -0.116. The van der Waals surface area contributed by atoms with Gasteiger partial charge in [-0.05, 0) is 43.4 Å². The molecular weight excluding hydrogens is 424 g/mol. The molecule has 0 saturated carbocycles. The van der Waals surface area contributed by atoms with Crippen molar-refractivity contribution in [2.75, 3.05) is 24.8 Å². The summed E-state index contributed by atoms with van der Waals surface area (Å²) in [5.41, 5.74) is 2.71. The Morgan fingerprint density at radius 3 is 2.84 bits per heavy atom. The van der Waals surface area contributed by atoms with Gasteiger partial charge >= 0.3 is 0 Å². The van der Waals surface area contributed by atoms with Crippen LogP contribution in [0.25, 0.3) is 0 Å². The molecule has 1 atom stereocenters. The van der Waals surface area contributed by atoms with Crippen molar-refractivity contribution in [2.45, 2.75) is 70.0 Å². The molecule has 0 bridgehead atoms. The van der Waals surface area contributed by atoms with Gasteiger partial charge in [-0.1, -0.05) is 44.5 Å². The van der Waals surface area contributed by atoms with E-state index in [1.807, 2.05) is 22.9 Å². The number of hydrogen-bond acceptors (Lipinski definition) is 7. The lowest BCUT2D eigenvalue weighted by Gasteiger charge is -2.32. The van der Waals surface area contributed by atoms with E-state index >= 15 is 0 Å². The lowest BCUT2D eigenvalue weighted by Crippen LogP contribution is -2.31. The molecule has 0 radical (unpaired) electrons. The SMILES string of the molecule is CCCCCOc1ccc(C2C3=C(CCCC3=O)Nc3nc(SCCC)nn32)cc1OC. The number of ether oxygens (including phenoxy) is 2. The molecule has 2 aliphatic rings. The number of Topliss-reactive ketones (excluding diaryl/α,β-unsaturated/α-hetero) is 1. The third-order valence-corrected chi connectivity index (χ3v) is 6.84. The molecular formula is C24H32N4O3S. The van der Waals surface area contributed by atoms with Gasteiger partial charge in [-0.15, -0.1) is 5.10 Å². The van der Waals surface area contributed by atoms with Gasteiger partial charge in [0, 0.05) is 23.4 Å². The fraction of sp³-hybridized carbons (Fsp3) is 0.542. The lowest BCUT2D eigenvalue weighted by atomic mass is 9.85. The first-order valence-corrected chi connectivity index (χ1v) is 12.6. The first-order chi connectivity index (χ1) is 15.7. The molecule has 1 aliphatic heterocycles. The monoisotopic (exact) mass is 456 g/mol. The molecule has 1 aromatic heterocycles. The van der Waals surface area contributed by atoms with Crippen molar-refractivity contribution in [3.05, 3.63) is 35.0 Å². The van der Waals surface area contributed by atoms with Crippen molar-refractivity contribution in [1.82, 2.24) is 14.8 Å². The van der Waals surface area contributed by atoms with Crippen LogP contribution in [0.5, 0.6) is 11.5 Å². The predicted octanol–water partition coefficient (Wildman–Crippen LogP) is 5.38. The summed E-state index contributed by atoms with van der Waals surface area (Å²) in [6, 6.07) is 5.62. The number of nitrogens with one attached hydrogen (secondary N) is 1. The van der Waals surface area contributed by atoms with E-state index in [-0.39, 0.29) is 11.8 Å². The standard InChI is InChI=1S/C24H32N4O3S/c1-4-6-7-13-31-19-12-11-16(15-20(19)30-3)22-21-17(9-8-10-18(21)29)25-23-26-24(27-28(22)23)32-14-5-2/h11-12,15,22H,4-10,13-14H2,1-3H3,(H,25,26,27). The van der Waals surface area contributed by atoms with Gasteiger partial charge in [0.05, 0.1) is 13.7 Å². The second-order valence-corrected chi connectivity index (χ2v) is 9.24. The molecule has 7 nitrogen and oxygen atoms in total. The van der Waals surface area contributed by atoms with Gasteiger partial charge < -0.3 is 14.8 Å². The molecule has 0 spiro atoms. The van der Waals surface area contributed by atoms with Crippen LogP contribution in [0.15, 0.2) is 34.6 Å². The summed E-state index contributed by atoms with van der Waals surface area (Å²) >= 11 is 1.64. The molecule has 4 rings (SSSR count). The molecule has 0 saturated heterocycles. The predicted molar refractivity (Wildman–Crippen MR) is 127 cm³/mol. The van der Waals surface area contributed by atoms with Gasteiger partial charge in [-0.3, -0.25) is 4.79 Å². The highest BCUT2D eigenvalue weighted by atomic mass is 32.2. The Labute approximate surface area is 194 Å². The van der Waals surface area contributed by atoms with E-state index in [4.69, 9.17) is 19.6 Å². The molecule has 1 N–H and O–H groups in total. The Hall–Kier alpha value is -2.48. The smallest absolute Gasteiger partial charge is 0.227 e. The van der Waals surface area contributed by atoms with E-state index in [9.17, 15) is 4.79 Å². The molecule has 0 amide bonds. The summed E-state index contributed by atoms with van der Waals surface area (Å²) in [7, 11) is 1.65. The van der Waals surface area contributed by atoms with Crippen molar-refractivity contribution in [3.63, 3.8) is 0 Å². The average Bonchev–Trinajstić information content (AvgIpc) is 3.22. The molecule has 32 heavy (non-hydrogen) atoms. The number of carbonyl (C=O) groups is 1. The number of nitrogens with zero attached hydrogens (tertiary/aromatic N) is 3. The molecule has 2 heterocycles.